The summed E-state index contributed by atoms with van der Waals surface area (Å²) in [5.74, 6) is 0. The van der Waals surface area contributed by atoms with E-state index >= 15 is 0 Å². The van der Waals surface area contributed by atoms with E-state index in [9.17, 15) is 18.5 Å². The quantitative estimate of drug-likeness (QED) is 0.600. The molecule has 7 heteroatoms. The fourth-order valence-corrected chi connectivity index (χ4v) is 2.97. The standard InChI is InChI=1S/C10H10N2O4S/c1-2-8(7-11)17(15,16)10-6-4-3-5-9(10)12(13)14/h3-6,8H,2H2,1H3. The van der Waals surface area contributed by atoms with Crippen LogP contribution in [-0.2, 0) is 9.84 Å². The molecule has 0 saturated carbocycles. The lowest BCUT2D eigenvalue weighted by Crippen LogP contribution is -2.19. The van der Waals surface area contributed by atoms with Crippen molar-refractivity contribution in [1.29, 1.82) is 5.26 Å². The van der Waals surface area contributed by atoms with Crippen molar-refractivity contribution >= 4 is 15.5 Å². The second kappa shape index (κ2) is 4.93. The average molecular weight is 254 g/mol. The van der Waals surface area contributed by atoms with Gasteiger partial charge < -0.3 is 0 Å². The first kappa shape index (κ1) is 13.1. The Morgan fingerprint density at radius 3 is 2.53 bits per heavy atom. The van der Waals surface area contributed by atoms with Gasteiger partial charge in [0.25, 0.3) is 5.69 Å². The van der Waals surface area contributed by atoms with Gasteiger partial charge in [0.05, 0.1) is 11.0 Å². The third-order valence-electron chi connectivity index (χ3n) is 2.26. The number of nitriles is 1. The SMILES string of the molecule is CCC(C#N)S(=O)(=O)c1ccccc1[N+](=O)[O-]. The average Bonchev–Trinajstić information content (AvgIpc) is 2.30. The van der Waals surface area contributed by atoms with Gasteiger partial charge in [0.1, 0.15) is 4.90 Å². The summed E-state index contributed by atoms with van der Waals surface area (Å²) in [6.07, 6.45) is 0.0882. The predicted molar refractivity (Wildman–Crippen MR) is 60.0 cm³/mol. The highest BCUT2D eigenvalue weighted by atomic mass is 32.2. The van der Waals surface area contributed by atoms with E-state index in [2.05, 4.69) is 0 Å². The fraction of sp³-hybridized carbons (Fsp3) is 0.300. The summed E-state index contributed by atoms with van der Waals surface area (Å²) in [4.78, 5) is 9.55. The number of benzene rings is 1. The molecule has 0 heterocycles. The molecule has 17 heavy (non-hydrogen) atoms. The third kappa shape index (κ3) is 2.42. The normalized spacial score (nSPS) is 12.7. The van der Waals surface area contributed by atoms with E-state index in [0.717, 1.165) is 12.1 Å². The van der Waals surface area contributed by atoms with Crippen molar-refractivity contribution in [3.8, 4) is 6.07 Å². The van der Waals surface area contributed by atoms with Gasteiger partial charge in [-0.1, -0.05) is 19.1 Å². The molecule has 0 aliphatic carbocycles. The molecule has 1 atom stereocenters. The topological polar surface area (TPSA) is 101 Å². The maximum Gasteiger partial charge on any atom is 0.288 e. The van der Waals surface area contributed by atoms with Crippen LogP contribution in [0, 0.1) is 21.4 Å². The Bertz CT molecular complexity index is 574. The monoisotopic (exact) mass is 254 g/mol. The van der Waals surface area contributed by atoms with E-state index in [4.69, 9.17) is 5.26 Å². The van der Waals surface area contributed by atoms with Crippen LogP contribution in [0.3, 0.4) is 0 Å². The van der Waals surface area contributed by atoms with Gasteiger partial charge in [-0.2, -0.15) is 5.26 Å². The minimum absolute atomic E-state index is 0.0882. The molecule has 0 radical (unpaired) electrons. The second-order valence-corrected chi connectivity index (χ2v) is 5.39. The number of nitro groups is 1. The number of nitrogens with zero attached hydrogens (tertiary/aromatic N) is 2. The molecule has 0 bridgehead atoms. The number of para-hydroxylation sites is 1. The van der Waals surface area contributed by atoms with E-state index < -0.39 is 30.6 Å². The minimum atomic E-state index is -3.98. The zero-order valence-electron chi connectivity index (χ0n) is 9.03. The highest BCUT2D eigenvalue weighted by molar-refractivity contribution is 7.92. The second-order valence-electron chi connectivity index (χ2n) is 3.30. The van der Waals surface area contributed by atoms with E-state index in [-0.39, 0.29) is 6.42 Å². The Kier molecular flexibility index (Phi) is 3.81. The Labute approximate surface area is 98.6 Å². The summed E-state index contributed by atoms with van der Waals surface area (Å²) >= 11 is 0. The van der Waals surface area contributed by atoms with Crippen molar-refractivity contribution in [3.05, 3.63) is 34.4 Å². The third-order valence-corrected chi connectivity index (χ3v) is 4.40. The molecule has 1 aromatic carbocycles. The van der Waals surface area contributed by atoms with Crippen LogP contribution in [-0.4, -0.2) is 18.6 Å². The van der Waals surface area contributed by atoms with E-state index in [1.54, 1.807) is 13.0 Å². The van der Waals surface area contributed by atoms with Crippen LogP contribution in [0.1, 0.15) is 13.3 Å². The molecule has 0 spiro atoms. The molecular weight excluding hydrogens is 244 g/mol. The van der Waals surface area contributed by atoms with Crippen LogP contribution in [0.25, 0.3) is 0 Å². The summed E-state index contributed by atoms with van der Waals surface area (Å²) in [6, 6.07) is 6.67. The Balaban J connectivity index is 3.45. The smallest absolute Gasteiger partial charge is 0.258 e. The van der Waals surface area contributed by atoms with Crippen molar-refractivity contribution in [2.45, 2.75) is 23.5 Å². The van der Waals surface area contributed by atoms with Crippen LogP contribution in [0.15, 0.2) is 29.2 Å². The summed E-state index contributed by atoms with van der Waals surface area (Å²) in [7, 11) is -3.98. The van der Waals surface area contributed by atoms with Crippen LogP contribution >= 0.6 is 0 Å². The molecule has 0 fully saturated rings. The van der Waals surface area contributed by atoms with Gasteiger partial charge in [-0.25, -0.2) is 8.42 Å². The highest BCUT2D eigenvalue weighted by Gasteiger charge is 2.32. The van der Waals surface area contributed by atoms with Gasteiger partial charge in [-0.05, 0) is 12.5 Å². The molecular formula is C10H10N2O4S. The summed E-state index contributed by atoms with van der Waals surface area (Å²) < 4.78 is 24.0. The van der Waals surface area contributed by atoms with Gasteiger partial charge in [0.2, 0.25) is 9.84 Å². The van der Waals surface area contributed by atoms with Crippen molar-refractivity contribution in [1.82, 2.24) is 0 Å². The molecule has 0 amide bonds. The van der Waals surface area contributed by atoms with Crippen molar-refractivity contribution in [3.63, 3.8) is 0 Å². The molecule has 1 rings (SSSR count). The first-order valence-corrected chi connectivity index (χ1v) is 6.36. The van der Waals surface area contributed by atoms with Crippen molar-refractivity contribution in [2.75, 3.05) is 0 Å². The van der Waals surface area contributed by atoms with Crippen LogP contribution < -0.4 is 0 Å². The Morgan fingerprint density at radius 2 is 2.06 bits per heavy atom. The fourth-order valence-electron chi connectivity index (χ4n) is 1.38. The molecule has 1 aromatic rings. The molecule has 6 nitrogen and oxygen atoms in total. The molecule has 0 aliphatic rings. The first-order valence-electron chi connectivity index (χ1n) is 4.82. The lowest BCUT2D eigenvalue weighted by Gasteiger charge is -2.08. The number of hydrogen-bond acceptors (Lipinski definition) is 5. The molecule has 0 N–H and O–H groups in total. The molecule has 0 saturated heterocycles. The highest BCUT2D eigenvalue weighted by Crippen LogP contribution is 2.27. The van der Waals surface area contributed by atoms with E-state index in [1.807, 2.05) is 0 Å². The van der Waals surface area contributed by atoms with E-state index in [1.165, 1.54) is 12.1 Å². The summed E-state index contributed by atoms with van der Waals surface area (Å²) in [5, 5.41) is 18.2. The number of sulfone groups is 1. The lowest BCUT2D eigenvalue weighted by molar-refractivity contribution is -0.387. The predicted octanol–water partition coefficient (Wildman–Crippen LogP) is 1.67. The maximum absolute atomic E-state index is 12.0. The van der Waals surface area contributed by atoms with Crippen LogP contribution in [0.2, 0.25) is 0 Å². The van der Waals surface area contributed by atoms with Gasteiger partial charge in [0, 0.05) is 6.07 Å². The van der Waals surface area contributed by atoms with Gasteiger partial charge in [0.15, 0.2) is 5.25 Å². The molecule has 0 aromatic heterocycles. The molecule has 90 valence electrons. The minimum Gasteiger partial charge on any atom is -0.258 e. The zero-order chi connectivity index (χ0) is 13.1. The molecule has 0 aliphatic heterocycles. The maximum atomic E-state index is 12.0. The van der Waals surface area contributed by atoms with Crippen molar-refractivity contribution in [2.24, 2.45) is 0 Å². The zero-order valence-corrected chi connectivity index (χ0v) is 9.85. The number of rotatable bonds is 4. The van der Waals surface area contributed by atoms with E-state index in [0.29, 0.717) is 0 Å². The first-order chi connectivity index (χ1) is 7.95. The van der Waals surface area contributed by atoms with Gasteiger partial charge in [-0.15, -0.1) is 0 Å². The number of hydrogen-bond donors (Lipinski definition) is 0. The molecule has 1 unspecified atom stereocenters. The summed E-state index contributed by atoms with van der Waals surface area (Å²) in [5.41, 5.74) is -0.499. The van der Waals surface area contributed by atoms with Crippen LogP contribution in [0.5, 0.6) is 0 Å². The summed E-state index contributed by atoms with van der Waals surface area (Å²) in [6.45, 7) is 1.54. The largest absolute Gasteiger partial charge is 0.288 e. The van der Waals surface area contributed by atoms with Crippen molar-refractivity contribution < 1.29 is 13.3 Å². The Hall–Kier alpha value is -1.94. The van der Waals surface area contributed by atoms with Gasteiger partial charge in [-0.3, -0.25) is 10.1 Å². The lowest BCUT2D eigenvalue weighted by atomic mass is 10.3. The van der Waals surface area contributed by atoms with Gasteiger partial charge >= 0.3 is 0 Å². The Morgan fingerprint density at radius 1 is 1.47 bits per heavy atom. The number of nitro benzene ring substituents is 1. The van der Waals surface area contributed by atoms with Crippen LogP contribution in [0.4, 0.5) is 5.69 Å².